The predicted molar refractivity (Wildman–Crippen MR) is 76.7 cm³/mol. The fourth-order valence-electron chi connectivity index (χ4n) is 1.80. The van der Waals surface area contributed by atoms with Gasteiger partial charge in [0.1, 0.15) is 5.41 Å². The molecule has 2 nitrogen and oxygen atoms in total. The number of ketones is 1. The number of Topliss-reactive ketones (excluding diaryl/α,β-unsaturated/α-hetero) is 1. The Morgan fingerprint density at radius 3 is 2.61 bits per heavy atom. The van der Waals surface area contributed by atoms with Crippen LogP contribution in [0.3, 0.4) is 0 Å². The molecular formula is C15H19NOS. The maximum atomic E-state index is 12.3. The molecule has 0 heterocycles. The van der Waals surface area contributed by atoms with Crippen LogP contribution in [0.2, 0.25) is 0 Å². The molecule has 3 heteroatoms. The van der Waals surface area contributed by atoms with Crippen LogP contribution in [-0.2, 0) is 0 Å². The van der Waals surface area contributed by atoms with Gasteiger partial charge in [0, 0.05) is 5.56 Å². The van der Waals surface area contributed by atoms with Crippen molar-refractivity contribution in [2.45, 2.75) is 26.7 Å². The highest BCUT2D eigenvalue weighted by molar-refractivity contribution is 7.99. The first-order chi connectivity index (χ1) is 8.64. The number of carbonyl (C=O) groups excluding carboxylic acids is 1. The Balaban J connectivity index is 2.70. The summed E-state index contributed by atoms with van der Waals surface area (Å²) in [6, 6.07) is 11.3. The summed E-state index contributed by atoms with van der Waals surface area (Å²) in [5.41, 5.74) is -0.264. The third-order valence-corrected chi connectivity index (χ3v) is 3.94. The van der Waals surface area contributed by atoms with Crippen LogP contribution in [0.25, 0.3) is 0 Å². The van der Waals surface area contributed by atoms with E-state index in [4.69, 9.17) is 0 Å². The Bertz CT molecular complexity index is 424. The molecule has 18 heavy (non-hydrogen) atoms. The van der Waals surface area contributed by atoms with Gasteiger partial charge >= 0.3 is 0 Å². The SMILES string of the molecule is CCSCCCC(C)(C#N)C(=O)c1ccccc1. The van der Waals surface area contributed by atoms with Crippen LogP contribution in [0.1, 0.15) is 37.0 Å². The molecule has 0 aliphatic rings. The molecule has 96 valence electrons. The normalized spacial score (nSPS) is 13.6. The minimum atomic E-state index is -0.893. The second kappa shape index (κ2) is 7.23. The number of hydrogen-bond acceptors (Lipinski definition) is 3. The molecule has 1 unspecified atom stereocenters. The van der Waals surface area contributed by atoms with Gasteiger partial charge in [-0.15, -0.1) is 0 Å². The fourth-order valence-corrected chi connectivity index (χ4v) is 2.44. The van der Waals surface area contributed by atoms with Gasteiger partial charge in [-0.1, -0.05) is 37.3 Å². The van der Waals surface area contributed by atoms with Crippen molar-refractivity contribution in [3.05, 3.63) is 35.9 Å². The zero-order chi connectivity index (χ0) is 13.4. The van der Waals surface area contributed by atoms with Crippen molar-refractivity contribution in [3.8, 4) is 6.07 Å². The zero-order valence-electron chi connectivity index (χ0n) is 11.0. The minimum Gasteiger partial charge on any atom is -0.292 e. The molecule has 1 rings (SSSR count). The van der Waals surface area contributed by atoms with Crippen LogP contribution in [-0.4, -0.2) is 17.3 Å². The largest absolute Gasteiger partial charge is 0.292 e. The van der Waals surface area contributed by atoms with Gasteiger partial charge < -0.3 is 0 Å². The highest BCUT2D eigenvalue weighted by Gasteiger charge is 2.33. The van der Waals surface area contributed by atoms with Crippen LogP contribution in [0.5, 0.6) is 0 Å². The molecule has 0 saturated heterocycles. The summed E-state index contributed by atoms with van der Waals surface area (Å²) in [7, 11) is 0. The summed E-state index contributed by atoms with van der Waals surface area (Å²) in [4.78, 5) is 12.3. The van der Waals surface area contributed by atoms with Gasteiger partial charge in [0.25, 0.3) is 0 Å². The van der Waals surface area contributed by atoms with Crippen molar-refractivity contribution in [2.24, 2.45) is 5.41 Å². The van der Waals surface area contributed by atoms with E-state index >= 15 is 0 Å². The lowest BCUT2D eigenvalue weighted by Gasteiger charge is -2.19. The van der Waals surface area contributed by atoms with Crippen LogP contribution in [0.15, 0.2) is 30.3 Å². The monoisotopic (exact) mass is 261 g/mol. The average molecular weight is 261 g/mol. The molecule has 0 saturated carbocycles. The van der Waals surface area contributed by atoms with E-state index in [0.29, 0.717) is 12.0 Å². The average Bonchev–Trinajstić information content (AvgIpc) is 2.43. The summed E-state index contributed by atoms with van der Waals surface area (Å²) in [6.07, 6.45) is 1.53. The molecule has 1 atom stereocenters. The predicted octanol–water partition coefficient (Wildman–Crippen LogP) is 3.93. The van der Waals surface area contributed by atoms with E-state index in [9.17, 15) is 10.1 Å². The zero-order valence-corrected chi connectivity index (χ0v) is 11.8. The van der Waals surface area contributed by atoms with Gasteiger partial charge in [0.05, 0.1) is 6.07 Å². The first kappa shape index (κ1) is 14.8. The van der Waals surface area contributed by atoms with Gasteiger partial charge in [-0.2, -0.15) is 17.0 Å². The second-order valence-electron chi connectivity index (χ2n) is 4.44. The van der Waals surface area contributed by atoms with Crippen LogP contribution < -0.4 is 0 Å². The molecule has 1 aromatic rings. The van der Waals surface area contributed by atoms with Gasteiger partial charge in [0.15, 0.2) is 5.78 Å². The number of thioether (sulfide) groups is 1. The second-order valence-corrected chi connectivity index (χ2v) is 5.83. The van der Waals surface area contributed by atoms with Crippen LogP contribution in [0.4, 0.5) is 0 Å². The first-order valence-corrected chi connectivity index (χ1v) is 7.38. The third-order valence-electron chi connectivity index (χ3n) is 2.95. The lowest BCUT2D eigenvalue weighted by Crippen LogP contribution is -2.26. The van der Waals surface area contributed by atoms with E-state index < -0.39 is 5.41 Å². The molecule has 0 spiro atoms. The topological polar surface area (TPSA) is 40.9 Å². The Morgan fingerprint density at radius 1 is 1.39 bits per heavy atom. The molecule has 0 amide bonds. The smallest absolute Gasteiger partial charge is 0.182 e. The van der Waals surface area contributed by atoms with E-state index in [2.05, 4.69) is 13.0 Å². The van der Waals surface area contributed by atoms with Gasteiger partial charge in [-0.3, -0.25) is 4.79 Å². The third kappa shape index (κ3) is 3.89. The lowest BCUT2D eigenvalue weighted by atomic mass is 9.80. The minimum absolute atomic E-state index is 0.0629. The van der Waals surface area contributed by atoms with Crippen molar-refractivity contribution in [1.29, 1.82) is 5.26 Å². The maximum Gasteiger partial charge on any atom is 0.182 e. The summed E-state index contributed by atoms with van der Waals surface area (Å²) >= 11 is 1.85. The number of nitrogens with zero attached hydrogens (tertiary/aromatic N) is 1. The van der Waals surface area contributed by atoms with Crippen molar-refractivity contribution >= 4 is 17.5 Å². The summed E-state index contributed by atoms with van der Waals surface area (Å²) in [6.45, 7) is 3.86. The number of nitriles is 1. The number of hydrogen-bond donors (Lipinski definition) is 0. The standard InChI is InChI=1S/C15H19NOS/c1-3-18-11-7-10-15(2,12-16)14(17)13-8-5-4-6-9-13/h4-6,8-9H,3,7,10-11H2,1-2H3. The number of rotatable bonds is 7. The van der Waals surface area contributed by atoms with Crippen LogP contribution in [0, 0.1) is 16.7 Å². The Hall–Kier alpha value is -1.27. The summed E-state index contributed by atoms with van der Waals surface area (Å²) in [5, 5.41) is 9.30. The highest BCUT2D eigenvalue weighted by Crippen LogP contribution is 2.28. The Morgan fingerprint density at radius 2 is 2.06 bits per heavy atom. The molecule has 0 aliphatic carbocycles. The Kier molecular flexibility index (Phi) is 5.94. The highest BCUT2D eigenvalue weighted by atomic mass is 32.2. The summed E-state index contributed by atoms with van der Waals surface area (Å²) in [5.74, 6) is 2.03. The maximum absolute atomic E-state index is 12.3. The number of benzene rings is 1. The quantitative estimate of drug-likeness (QED) is 0.551. The molecule has 0 aliphatic heterocycles. The van der Waals surface area contributed by atoms with Gasteiger partial charge in [-0.25, -0.2) is 0 Å². The van der Waals surface area contributed by atoms with E-state index in [-0.39, 0.29) is 5.78 Å². The fraction of sp³-hybridized carbons (Fsp3) is 0.467. The van der Waals surface area contributed by atoms with Crippen LogP contribution >= 0.6 is 11.8 Å². The summed E-state index contributed by atoms with van der Waals surface area (Å²) < 4.78 is 0. The van der Waals surface area contributed by atoms with E-state index in [0.717, 1.165) is 17.9 Å². The van der Waals surface area contributed by atoms with Gasteiger partial charge in [-0.05, 0) is 31.3 Å². The van der Waals surface area contributed by atoms with Crippen molar-refractivity contribution in [3.63, 3.8) is 0 Å². The van der Waals surface area contributed by atoms with Crippen molar-refractivity contribution < 1.29 is 4.79 Å². The van der Waals surface area contributed by atoms with Crippen molar-refractivity contribution in [1.82, 2.24) is 0 Å². The Labute approximate surface area is 113 Å². The van der Waals surface area contributed by atoms with E-state index in [1.165, 1.54) is 0 Å². The molecule has 0 radical (unpaired) electrons. The molecule has 0 fully saturated rings. The molecule has 1 aromatic carbocycles. The van der Waals surface area contributed by atoms with E-state index in [1.807, 2.05) is 30.0 Å². The van der Waals surface area contributed by atoms with Gasteiger partial charge in [0.2, 0.25) is 0 Å². The molecule has 0 bridgehead atoms. The lowest BCUT2D eigenvalue weighted by molar-refractivity contribution is 0.0867. The molecule has 0 aromatic heterocycles. The molecule has 0 N–H and O–H groups in total. The van der Waals surface area contributed by atoms with Crippen molar-refractivity contribution in [2.75, 3.05) is 11.5 Å². The number of carbonyl (C=O) groups is 1. The first-order valence-electron chi connectivity index (χ1n) is 6.23. The molecular weight excluding hydrogens is 242 g/mol. The van der Waals surface area contributed by atoms with E-state index in [1.54, 1.807) is 19.1 Å².